The predicted octanol–water partition coefficient (Wildman–Crippen LogP) is 3.31. The Balaban J connectivity index is 2.64. The third-order valence-corrected chi connectivity index (χ3v) is 2.40. The van der Waals surface area contributed by atoms with E-state index in [0.29, 0.717) is 5.92 Å². The summed E-state index contributed by atoms with van der Waals surface area (Å²) < 4.78 is 0. The minimum absolute atomic E-state index is 0.535. The van der Waals surface area contributed by atoms with Crippen LogP contribution in [0.1, 0.15) is 19.4 Å². The standard InChI is InChI=1S/C12H13N3/c1-8(2)6-9-10(13-3)4-5-11-12(9)15-7-14-11/h4-5,7-8H,6H2,1-2H3,(H,14,15). The van der Waals surface area contributed by atoms with E-state index in [-0.39, 0.29) is 0 Å². The number of nitrogens with zero attached hydrogens (tertiary/aromatic N) is 2. The lowest BCUT2D eigenvalue weighted by molar-refractivity contribution is 0.651. The number of hydrogen-bond acceptors (Lipinski definition) is 1. The van der Waals surface area contributed by atoms with E-state index in [0.717, 1.165) is 28.7 Å². The molecule has 3 nitrogen and oxygen atoms in total. The van der Waals surface area contributed by atoms with Gasteiger partial charge in [-0.2, -0.15) is 0 Å². The van der Waals surface area contributed by atoms with Crippen molar-refractivity contribution in [2.24, 2.45) is 5.92 Å². The molecular formula is C12H13N3. The topological polar surface area (TPSA) is 33.0 Å². The molecule has 2 aromatic rings. The fraction of sp³-hybridized carbons (Fsp3) is 0.333. The van der Waals surface area contributed by atoms with Gasteiger partial charge >= 0.3 is 0 Å². The Morgan fingerprint density at radius 3 is 2.93 bits per heavy atom. The summed E-state index contributed by atoms with van der Waals surface area (Å²) in [6.07, 6.45) is 2.59. The zero-order valence-electron chi connectivity index (χ0n) is 8.91. The van der Waals surface area contributed by atoms with Gasteiger partial charge in [-0.3, -0.25) is 0 Å². The molecule has 0 bridgehead atoms. The Morgan fingerprint density at radius 1 is 1.47 bits per heavy atom. The second-order valence-corrected chi connectivity index (χ2v) is 4.07. The zero-order chi connectivity index (χ0) is 10.8. The molecule has 3 heteroatoms. The average molecular weight is 199 g/mol. The van der Waals surface area contributed by atoms with E-state index in [1.807, 2.05) is 12.1 Å². The number of aromatic amines is 1. The molecule has 0 spiro atoms. The molecular weight excluding hydrogens is 186 g/mol. The van der Waals surface area contributed by atoms with E-state index in [9.17, 15) is 0 Å². The van der Waals surface area contributed by atoms with Gasteiger partial charge in [-0.05, 0) is 24.0 Å². The molecule has 0 fully saturated rings. The van der Waals surface area contributed by atoms with Crippen molar-refractivity contribution in [3.63, 3.8) is 0 Å². The minimum Gasteiger partial charge on any atom is -0.345 e. The van der Waals surface area contributed by atoms with E-state index in [1.165, 1.54) is 0 Å². The van der Waals surface area contributed by atoms with Gasteiger partial charge in [0.1, 0.15) is 0 Å². The number of imidazole rings is 1. The first kappa shape index (κ1) is 9.72. The van der Waals surface area contributed by atoms with Crippen LogP contribution >= 0.6 is 0 Å². The summed E-state index contributed by atoms with van der Waals surface area (Å²) in [5, 5.41) is 0. The van der Waals surface area contributed by atoms with Crippen molar-refractivity contribution in [3.8, 4) is 0 Å². The Bertz CT molecular complexity index is 517. The van der Waals surface area contributed by atoms with E-state index in [1.54, 1.807) is 6.33 Å². The quantitative estimate of drug-likeness (QED) is 0.739. The van der Waals surface area contributed by atoms with Crippen LogP contribution in [0.5, 0.6) is 0 Å². The molecule has 1 heterocycles. The summed E-state index contributed by atoms with van der Waals surface area (Å²) in [7, 11) is 0. The number of H-pyrrole nitrogens is 1. The molecule has 15 heavy (non-hydrogen) atoms. The summed E-state index contributed by atoms with van der Waals surface area (Å²) in [5.74, 6) is 0.535. The Hall–Kier alpha value is -1.82. The van der Waals surface area contributed by atoms with Gasteiger partial charge in [-0.15, -0.1) is 0 Å². The highest BCUT2D eigenvalue weighted by Gasteiger charge is 2.10. The maximum Gasteiger partial charge on any atom is 0.192 e. The smallest absolute Gasteiger partial charge is 0.192 e. The first-order valence-corrected chi connectivity index (χ1v) is 5.04. The van der Waals surface area contributed by atoms with Gasteiger partial charge in [0.2, 0.25) is 0 Å². The first-order valence-electron chi connectivity index (χ1n) is 5.04. The zero-order valence-corrected chi connectivity index (χ0v) is 8.91. The largest absolute Gasteiger partial charge is 0.345 e. The molecule has 0 saturated heterocycles. The summed E-state index contributed by atoms with van der Waals surface area (Å²) in [5.41, 5.74) is 3.75. The molecule has 0 radical (unpaired) electrons. The summed E-state index contributed by atoms with van der Waals surface area (Å²) >= 11 is 0. The van der Waals surface area contributed by atoms with Gasteiger partial charge in [0.15, 0.2) is 5.69 Å². The molecule has 0 aliphatic rings. The van der Waals surface area contributed by atoms with E-state index in [2.05, 4.69) is 28.7 Å². The van der Waals surface area contributed by atoms with E-state index >= 15 is 0 Å². The van der Waals surface area contributed by atoms with Crippen molar-refractivity contribution in [2.75, 3.05) is 0 Å². The lowest BCUT2D eigenvalue weighted by Gasteiger charge is -2.07. The molecule has 2 rings (SSSR count). The highest BCUT2D eigenvalue weighted by atomic mass is 14.9. The molecule has 1 aromatic heterocycles. The lowest BCUT2D eigenvalue weighted by atomic mass is 10.00. The second-order valence-electron chi connectivity index (χ2n) is 4.07. The maximum absolute atomic E-state index is 7.14. The Morgan fingerprint density at radius 2 is 2.27 bits per heavy atom. The highest BCUT2D eigenvalue weighted by Crippen LogP contribution is 2.28. The highest BCUT2D eigenvalue weighted by molar-refractivity contribution is 5.84. The van der Waals surface area contributed by atoms with Gasteiger partial charge in [-0.1, -0.05) is 19.9 Å². The van der Waals surface area contributed by atoms with Gasteiger partial charge in [0, 0.05) is 0 Å². The molecule has 0 aliphatic carbocycles. The van der Waals surface area contributed by atoms with Crippen molar-refractivity contribution in [1.29, 1.82) is 0 Å². The normalized spacial score (nSPS) is 10.8. The third kappa shape index (κ3) is 1.71. The number of fused-ring (bicyclic) bond motifs is 1. The summed E-state index contributed by atoms with van der Waals surface area (Å²) in [6, 6.07) is 3.78. The first-order chi connectivity index (χ1) is 7.22. The molecule has 0 saturated carbocycles. The van der Waals surface area contributed by atoms with Crippen LogP contribution in [0.3, 0.4) is 0 Å². The third-order valence-electron chi connectivity index (χ3n) is 2.40. The number of rotatable bonds is 2. The predicted molar refractivity (Wildman–Crippen MR) is 60.9 cm³/mol. The number of benzene rings is 1. The van der Waals surface area contributed by atoms with Crippen molar-refractivity contribution >= 4 is 16.7 Å². The molecule has 76 valence electrons. The van der Waals surface area contributed by atoms with Crippen LogP contribution < -0.4 is 0 Å². The van der Waals surface area contributed by atoms with Crippen molar-refractivity contribution in [2.45, 2.75) is 20.3 Å². The van der Waals surface area contributed by atoms with Crippen LogP contribution in [0.25, 0.3) is 15.9 Å². The molecule has 0 amide bonds. The van der Waals surface area contributed by atoms with Crippen molar-refractivity contribution in [1.82, 2.24) is 9.97 Å². The summed E-state index contributed by atoms with van der Waals surface area (Å²) in [4.78, 5) is 10.9. The van der Waals surface area contributed by atoms with Crippen molar-refractivity contribution < 1.29 is 0 Å². The van der Waals surface area contributed by atoms with Gasteiger partial charge < -0.3 is 4.98 Å². The molecule has 0 unspecified atom stereocenters. The number of nitrogens with one attached hydrogen (secondary N) is 1. The van der Waals surface area contributed by atoms with Crippen LogP contribution in [-0.4, -0.2) is 9.97 Å². The van der Waals surface area contributed by atoms with E-state index in [4.69, 9.17) is 6.57 Å². The fourth-order valence-corrected chi connectivity index (χ4v) is 1.77. The second kappa shape index (κ2) is 3.74. The Labute approximate surface area is 89.0 Å². The van der Waals surface area contributed by atoms with Gasteiger partial charge in [-0.25, -0.2) is 9.83 Å². The van der Waals surface area contributed by atoms with Gasteiger partial charge in [0.05, 0.1) is 23.9 Å². The van der Waals surface area contributed by atoms with Crippen LogP contribution in [0.15, 0.2) is 18.5 Å². The SMILES string of the molecule is [C-]#[N+]c1ccc2[nH]cnc2c1CC(C)C. The molecule has 1 N–H and O–H groups in total. The number of aromatic nitrogens is 2. The van der Waals surface area contributed by atoms with Crippen molar-refractivity contribution in [3.05, 3.63) is 35.4 Å². The fourth-order valence-electron chi connectivity index (χ4n) is 1.77. The van der Waals surface area contributed by atoms with Gasteiger partial charge in [0.25, 0.3) is 0 Å². The van der Waals surface area contributed by atoms with Crippen LogP contribution in [0.2, 0.25) is 0 Å². The number of hydrogen-bond donors (Lipinski definition) is 1. The lowest BCUT2D eigenvalue weighted by Crippen LogP contribution is -1.95. The van der Waals surface area contributed by atoms with Crippen LogP contribution in [-0.2, 0) is 6.42 Å². The minimum atomic E-state index is 0.535. The maximum atomic E-state index is 7.14. The average Bonchev–Trinajstić information content (AvgIpc) is 2.65. The molecule has 0 atom stereocenters. The van der Waals surface area contributed by atoms with Crippen LogP contribution in [0, 0.1) is 12.5 Å². The summed E-state index contributed by atoms with van der Waals surface area (Å²) in [6.45, 7) is 11.4. The molecule has 0 aliphatic heterocycles. The molecule has 1 aromatic carbocycles. The Kier molecular flexibility index (Phi) is 2.42. The monoisotopic (exact) mass is 199 g/mol. The van der Waals surface area contributed by atoms with Crippen LogP contribution in [0.4, 0.5) is 5.69 Å². The van der Waals surface area contributed by atoms with E-state index < -0.39 is 0 Å².